The Morgan fingerprint density at radius 3 is 2.14 bits per heavy atom. The Hall–Kier alpha value is -3.35. The molecule has 7 heteroatoms. The molecule has 0 radical (unpaired) electrons. The summed E-state index contributed by atoms with van der Waals surface area (Å²) in [6, 6.07) is 13.7. The summed E-state index contributed by atoms with van der Waals surface area (Å²) in [7, 11) is 1.58. The van der Waals surface area contributed by atoms with Gasteiger partial charge < -0.3 is 19.5 Å². The molecule has 7 nitrogen and oxygen atoms in total. The minimum Gasteiger partial charge on any atom is -0.497 e. The first-order valence-electron chi connectivity index (χ1n) is 8.83. The van der Waals surface area contributed by atoms with Crippen LogP contribution in [0.15, 0.2) is 48.5 Å². The standard InChI is InChI=1S/C21H23NO6/c1-3-19(23)16-6-10-18(11-7-16)27-14-21(25)28-13-20(24)22-12-15-4-8-17(26-2)9-5-15/h4-11H,3,12-14H2,1-2H3,(H,22,24). The second-order valence-corrected chi connectivity index (χ2v) is 5.88. The van der Waals surface area contributed by atoms with E-state index in [2.05, 4.69) is 5.32 Å². The Kier molecular flexibility index (Phi) is 8.02. The molecule has 0 aliphatic rings. The van der Waals surface area contributed by atoms with Crippen molar-refractivity contribution in [3.63, 3.8) is 0 Å². The number of carbonyl (C=O) groups excluding carboxylic acids is 3. The summed E-state index contributed by atoms with van der Waals surface area (Å²) in [5.41, 5.74) is 1.49. The number of ketones is 1. The van der Waals surface area contributed by atoms with Crippen LogP contribution in [0.3, 0.4) is 0 Å². The van der Waals surface area contributed by atoms with E-state index in [4.69, 9.17) is 14.2 Å². The van der Waals surface area contributed by atoms with Crippen LogP contribution in [-0.4, -0.2) is 38.0 Å². The van der Waals surface area contributed by atoms with Crippen molar-refractivity contribution in [1.29, 1.82) is 0 Å². The van der Waals surface area contributed by atoms with Crippen LogP contribution >= 0.6 is 0 Å². The van der Waals surface area contributed by atoms with E-state index in [0.29, 0.717) is 24.3 Å². The molecular formula is C21H23NO6. The van der Waals surface area contributed by atoms with Crippen LogP contribution in [0.1, 0.15) is 29.3 Å². The third kappa shape index (κ3) is 6.75. The average molecular weight is 385 g/mol. The minimum absolute atomic E-state index is 0.0339. The summed E-state index contributed by atoms with van der Waals surface area (Å²) in [6.07, 6.45) is 0.424. The molecule has 0 spiro atoms. The van der Waals surface area contributed by atoms with E-state index >= 15 is 0 Å². The van der Waals surface area contributed by atoms with Gasteiger partial charge in [-0.3, -0.25) is 9.59 Å². The summed E-state index contributed by atoms with van der Waals surface area (Å²) >= 11 is 0. The molecule has 0 heterocycles. The number of hydrogen-bond acceptors (Lipinski definition) is 6. The van der Waals surface area contributed by atoms with E-state index in [1.807, 2.05) is 12.1 Å². The Morgan fingerprint density at radius 1 is 0.893 bits per heavy atom. The highest BCUT2D eigenvalue weighted by Gasteiger charge is 2.09. The van der Waals surface area contributed by atoms with Crippen LogP contribution in [0, 0.1) is 0 Å². The van der Waals surface area contributed by atoms with Crippen LogP contribution in [0.25, 0.3) is 0 Å². The van der Waals surface area contributed by atoms with E-state index in [9.17, 15) is 14.4 Å². The molecule has 1 N–H and O–H groups in total. The fraction of sp³-hybridized carbons (Fsp3) is 0.286. The van der Waals surface area contributed by atoms with Gasteiger partial charge in [-0.15, -0.1) is 0 Å². The molecular weight excluding hydrogens is 362 g/mol. The molecule has 0 bridgehead atoms. The van der Waals surface area contributed by atoms with Gasteiger partial charge in [-0.25, -0.2) is 4.79 Å². The maximum Gasteiger partial charge on any atom is 0.344 e. The molecule has 0 aromatic heterocycles. The fourth-order valence-corrected chi connectivity index (χ4v) is 2.27. The molecule has 0 saturated carbocycles. The molecule has 1 amide bonds. The molecule has 2 rings (SSSR count). The van der Waals surface area contributed by atoms with Gasteiger partial charge in [0.25, 0.3) is 5.91 Å². The summed E-state index contributed by atoms with van der Waals surface area (Å²) in [4.78, 5) is 35.0. The number of ether oxygens (including phenoxy) is 3. The number of rotatable bonds is 10. The number of carbonyl (C=O) groups is 3. The van der Waals surface area contributed by atoms with Crippen LogP contribution in [0.5, 0.6) is 11.5 Å². The highest BCUT2D eigenvalue weighted by molar-refractivity contribution is 5.95. The number of Topliss-reactive ketones (excluding diaryl/α,β-unsaturated/α-hetero) is 1. The first-order chi connectivity index (χ1) is 13.5. The van der Waals surface area contributed by atoms with E-state index in [1.165, 1.54) is 0 Å². The fourth-order valence-electron chi connectivity index (χ4n) is 2.27. The topological polar surface area (TPSA) is 90.9 Å². The van der Waals surface area contributed by atoms with Crippen molar-refractivity contribution < 1.29 is 28.6 Å². The lowest BCUT2D eigenvalue weighted by atomic mass is 10.1. The Bertz CT molecular complexity index is 799. The normalized spacial score (nSPS) is 10.1. The monoisotopic (exact) mass is 385 g/mol. The van der Waals surface area contributed by atoms with Gasteiger partial charge in [0.1, 0.15) is 11.5 Å². The van der Waals surface area contributed by atoms with Crippen molar-refractivity contribution >= 4 is 17.7 Å². The van der Waals surface area contributed by atoms with E-state index in [1.54, 1.807) is 50.4 Å². The molecule has 2 aromatic carbocycles. The van der Waals surface area contributed by atoms with Crippen molar-refractivity contribution in [3.05, 3.63) is 59.7 Å². The van der Waals surface area contributed by atoms with E-state index in [0.717, 1.165) is 11.3 Å². The lowest BCUT2D eigenvalue weighted by Gasteiger charge is -2.09. The Labute approximate surface area is 163 Å². The Balaban J connectivity index is 1.67. The summed E-state index contributed by atoms with van der Waals surface area (Å²) in [5.74, 6) is 0.135. The second-order valence-electron chi connectivity index (χ2n) is 5.88. The number of nitrogens with one attached hydrogen (secondary N) is 1. The highest BCUT2D eigenvalue weighted by atomic mass is 16.6. The largest absolute Gasteiger partial charge is 0.497 e. The van der Waals surface area contributed by atoms with Crippen molar-refractivity contribution in [2.75, 3.05) is 20.3 Å². The summed E-state index contributed by atoms with van der Waals surface area (Å²) < 4.78 is 15.2. The maximum atomic E-state index is 11.8. The summed E-state index contributed by atoms with van der Waals surface area (Å²) in [6.45, 7) is 1.39. The quantitative estimate of drug-likeness (QED) is 0.499. The number of esters is 1. The minimum atomic E-state index is -0.659. The van der Waals surface area contributed by atoms with Gasteiger partial charge in [-0.1, -0.05) is 19.1 Å². The first kappa shape index (κ1) is 21.0. The average Bonchev–Trinajstić information content (AvgIpc) is 2.74. The van der Waals surface area contributed by atoms with Gasteiger partial charge in [0.2, 0.25) is 0 Å². The molecule has 0 aliphatic carbocycles. The van der Waals surface area contributed by atoms with E-state index < -0.39 is 11.9 Å². The smallest absolute Gasteiger partial charge is 0.344 e. The molecule has 148 valence electrons. The van der Waals surface area contributed by atoms with Crippen LogP contribution in [-0.2, 0) is 20.9 Å². The van der Waals surface area contributed by atoms with Gasteiger partial charge in [0, 0.05) is 18.5 Å². The van der Waals surface area contributed by atoms with Gasteiger partial charge >= 0.3 is 5.97 Å². The number of hydrogen-bond donors (Lipinski definition) is 1. The lowest BCUT2D eigenvalue weighted by molar-refractivity contribution is -0.150. The number of benzene rings is 2. The zero-order valence-corrected chi connectivity index (χ0v) is 15.9. The van der Waals surface area contributed by atoms with Crippen LogP contribution in [0.2, 0.25) is 0 Å². The molecule has 0 atom stereocenters. The van der Waals surface area contributed by atoms with Gasteiger partial charge in [-0.05, 0) is 42.0 Å². The molecule has 0 saturated heterocycles. The lowest BCUT2D eigenvalue weighted by Crippen LogP contribution is -2.29. The molecule has 0 aliphatic heterocycles. The molecule has 0 fully saturated rings. The van der Waals surface area contributed by atoms with Crippen LogP contribution < -0.4 is 14.8 Å². The zero-order chi connectivity index (χ0) is 20.4. The van der Waals surface area contributed by atoms with Crippen molar-refractivity contribution in [2.45, 2.75) is 19.9 Å². The predicted octanol–water partition coefficient (Wildman–Crippen LogP) is 2.53. The van der Waals surface area contributed by atoms with Crippen molar-refractivity contribution in [3.8, 4) is 11.5 Å². The zero-order valence-electron chi connectivity index (χ0n) is 15.9. The number of methoxy groups -OCH3 is 1. The SMILES string of the molecule is CCC(=O)c1ccc(OCC(=O)OCC(=O)NCc2ccc(OC)cc2)cc1. The second kappa shape index (κ2) is 10.7. The van der Waals surface area contributed by atoms with Crippen molar-refractivity contribution in [1.82, 2.24) is 5.32 Å². The summed E-state index contributed by atoms with van der Waals surface area (Å²) in [5, 5.41) is 2.66. The third-order valence-corrected chi connectivity index (χ3v) is 3.87. The predicted molar refractivity (Wildman–Crippen MR) is 102 cm³/mol. The number of amides is 1. The van der Waals surface area contributed by atoms with Crippen molar-refractivity contribution in [2.24, 2.45) is 0 Å². The van der Waals surface area contributed by atoms with Gasteiger partial charge in [0.05, 0.1) is 7.11 Å². The molecule has 2 aromatic rings. The molecule has 0 unspecified atom stereocenters. The highest BCUT2D eigenvalue weighted by Crippen LogP contribution is 2.13. The first-order valence-corrected chi connectivity index (χ1v) is 8.83. The molecule has 28 heavy (non-hydrogen) atoms. The Morgan fingerprint density at radius 2 is 1.54 bits per heavy atom. The van der Waals surface area contributed by atoms with E-state index in [-0.39, 0.29) is 19.0 Å². The van der Waals surface area contributed by atoms with Gasteiger partial charge in [-0.2, -0.15) is 0 Å². The van der Waals surface area contributed by atoms with Gasteiger partial charge in [0.15, 0.2) is 19.0 Å². The maximum absolute atomic E-state index is 11.8. The third-order valence-electron chi connectivity index (χ3n) is 3.87. The van der Waals surface area contributed by atoms with Crippen LogP contribution in [0.4, 0.5) is 0 Å².